The van der Waals surface area contributed by atoms with Gasteiger partial charge in [0.1, 0.15) is 7.28 Å². The first kappa shape index (κ1) is 15.3. The van der Waals surface area contributed by atoms with Crippen molar-refractivity contribution in [2.24, 2.45) is 4.99 Å². The number of aliphatic imine (C=N–C) groups is 1. The summed E-state index contributed by atoms with van der Waals surface area (Å²) in [5.74, 6) is 0. The van der Waals surface area contributed by atoms with Crippen molar-refractivity contribution in [1.29, 1.82) is 0 Å². The van der Waals surface area contributed by atoms with Crippen LogP contribution in [-0.2, 0) is 0 Å². The summed E-state index contributed by atoms with van der Waals surface area (Å²) in [5, 5.41) is 0. The first-order valence-corrected chi connectivity index (χ1v) is 7.90. The molecule has 0 heterocycles. The van der Waals surface area contributed by atoms with Gasteiger partial charge < -0.3 is 0 Å². The molecular weight excluding hydrogens is 277 g/mol. The Hall–Kier alpha value is -2.61. The van der Waals surface area contributed by atoms with E-state index in [9.17, 15) is 0 Å². The van der Waals surface area contributed by atoms with Crippen molar-refractivity contribution in [1.82, 2.24) is 0 Å². The molecule has 0 aliphatic heterocycles. The van der Waals surface area contributed by atoms with Crippen molar-refractivity contribution in [3.63, 3.8) is 0 Å². The summed E-state index contributed by atoms with van der Waals surface area (Å²) >= 11 is 0. The Bertz CT molecular complexity index is 727. The highest BCUT2D eigenvalue weighted by atomic mass is 14.8. The average molecular weight is 296 g/mol. The van der Waals surface area contributed by atoms with Gasteiger partial charge in [-0.25, -0.2) is 0 Å². The summed E-state index contributed by atoms with van der Waals surface area (Å²) in [4.78, 5) is 4.90. The minimum atomic E-state index is 0.0160. The van der Waals surface area contributed by atoms with Gasteiger partial charge in [-0.1, -0.05) is 97.2 Å². The molecule has 23 heavy (non-hydrogen) atoms. The molecule has 0 aromatic heterocycles. The number of hydrogen-bond acceptors (Lipinski definition) is 1. The van der Waals surface area contributed by atoms with Gasteiger partial charge in [-0.3, -0.25) is 4.99 Å². The maximum absolute atomic E-state index is 4.90. The lowest BCUT2D eigenvalue weighted by Crippen LogP contribution is -2.16. The third-order valence-electron chi connectivity index (χ3n) is 3.90. The molecular formula is C21H19BN. The van der Waals surface area contributed by atoms with Crippen LogP contribution in [0.15, 0.2) is 89.9 Å². The normalized spacial score (nSPS) is 11.0. The van der Waals surface area contributed by atoms with Crippen LogP contribution in [-0.4, -0.2) is 13.5 Å². The zero-order valence-electron chi connectivity index (χ0n) is 13.3. The van der Waals surface area contributed by atoms with Crippen LogP contribution in [0.25, 0.3) is 0 Å². The van der Waals surface area contributed by atoms with Gasteiger partial charge in [-0.2, -0.15) is 0 Å². The Morgan fingerprint density at radius 2 is 1.26 bits per heavy atom. The first-order chi connectivity index (χ1) is 11.4. The molecule has 0 saturated carbocycles. The van der Waals surface area contributed by atoms with Crippen LogP contribution < -0.4 is 5.46 Å². The molecule has 0 fully saturated rings. The SMILES string of the molecule is C[B]c1ccccc1C=NC(c1ccccc1)c1ccccc1. The fraction of sp³-hybridized carbons (Fsp3) is 0.0952. The summed E-state index contributed by atoms with van der Waals surface area (Å²) < 4.78 is 0. The van der Waals surface area contributed by atoms with E-state index >= 15 is 0 Å². The van der Waals surface area contributed by atoms with Crippen LogP contribution in [0.3, 0.4) is 0 Å². The van der Waals surface area contributed by atoms with Gasteiger partial charge in [0.15, 0.2) is 0 Å². The quantitative estimate of drug-likeness (QED) is 0.492. The van der Waals surface area contributed by atoms with Crippen LogP contribution in [0.4, 0.5) is 0 Å². The summed E-state index contributed by atoms with van der Waals surface area (Å²) in [5.41, 5.74) is 4.75. The minimum absolute atomic E-state index is 0.0160. The van der Waals surface area contributed by atoms with Gasteiger partial charge in [-0.15, -0.1) is 0 Å². The van der Waals surface area contributed by atoms with Gasteiger partial charge in [0.2, 0.25) is 0 Å². The molecule has 0 unspecified atom stereocenters. The molecule has 0 amide bonds. The third-order valence-corrected chi connectivity index (χ3v) is 3.90. The highest BCUT2D eigenvalue weighted by molar-refractivity contribution is 6.53. The summed E-state index contributed by atoms with van der Waals surface area (Å²) in [6, 6.07) is 29.2. The zero-order valence-corrected chi connectivity index (χ0v) is 13.3. The number of hydrogen-bond donors (Lipinski definition) is 0. The molecule has 3 aromatic carbocycles. The number of nitrogens with zero attached hydrogens (tertiary/aromatic N) is 1. The van der Waals surface area contributed by atoms with Gasteiger partial charge in [0, 0.05) is 6.21 Å². The molecule has 2 heteroatoms. The third kappa shape index (κ3) is 3.78. The molecule has 0 saturated heterocycles. The lowest BCUT2D eigenvalue weighted by atomic mass is 9.71. The second-order valence-corrected chi connectivity index (χ2v) is 5.42. The van der Waals surface area contributed by atoms with E-state index in [0.717, 1.165) is 5.56 Å². The molecule has 3 aromatic rings. The van der Waals surface area contributed by atoms with Crippen molar-refractivity contribution in [3.8, 4) is 0 Å². The van der Waals surface area contributed by atoms with Crippen LogP contribution in [0.5, 0.6) is 0 Å². The lowest BCUT2D eigenvalue weighted by Gasteiger charge is -2.14. The standard InChI is InChI=1S/C21H19BN/c1-22-20-15-9-8-14-19(20)16-23-21(17-10-4-2-5-11-17)18-12-6-3-7-13-18/h2-16,21H,1H3. The van der Waals surface area contributed by atoms with Crippen molar-refractivity contribution in [3.05, 3.63) is 102 Å². The van der Waals surface area contributed by atoms with Gasteiger partial charge in [0.05, 0.1) is 6.04 Å². The second-order valence-electron chi connectivity index (χ2n) is 5.42. The Labute approximate surface area is 139 Å². The predicted octanol–water partition coefficient (Wildman–Crippen LogP) is 4.27. The molecule has 1 nitrogen and oxygen atoms in total. The van der Waals surface area contributed by atoms with Gasteiger partial charge in [-0.05, 0) is 16.7 Å². The van der Waals surface area contributed by atoms with E-state index in [1.165, 1.54) is 16.6 Å². The highest BCUT2D eigenvalue weighted by Crippen LogP contribution is 2.25. The Kier molecular flexibility index (Phi) is 5.05. The molecule has 3 rings (SSSR count). The molecule has 0 spiro atoms. The van der Waals surface area contributed by atoms with Gasteiger partial charge in [0.25, 0.3) is 0 Å². The summed E-state index contributed by atoms with van der Waals surface area (Å²) in [6.45, 7) is 2.05. The second kappa shape index (κ2) is 7.60. The topological polar surface area (TPSA) is 12.4 Å². The van der Waals surface area contributed by atoms with E-state index < -0.39 is 0 Å². The molecule has 0 aliphatic rings. The maximum atomic E-state index is 4.90. The molecule has 0 atom stereocenters. The largest absolute Gasteiger partial charge is 0.280 e. The van der Waals surface area contributed by atoms with Crippen molar-refractivity contribution in [2.75, 3.05) is 0 Å². The van der Waals surface area contributed by atoms with Crippen LogP contribution >= 0.6 is 0 Å². The Morgan fingerprint density at radius 3 is 1.83 bits per heavy atom. The van der Waals surface area contributed by atoms with E-state index in [1.807, 2.05) is 24.4 Å². The van der Waals surface area contributed by atoms with Crippen molar-refractivity contribution < 1.29 is 0 Å². The van der Waals surface area contributed by atoms with Crippen LogP contribution in [0.1, 0.15) is 22.7 Å². The lowest BCUT2D eigenvalue weighted by molar-refractivity contribution is 0.878. The Morgan fingerprint density at radius 1 is 0.739 bits per heavy atom. The smallest absolute Gasteiger partial charge is 0.149 e. The van der Waals surface area contributed by atoms with E-state index in [2.05, 4.69) is 80.8 Å². The van der Waals surface area contributed by atoms with E-state index in [-0.39, 0.29) is 6.04 Å². The number of benzene rings is 3. The van der Waals surface area contributed by atoms with Gasteiger partial charge >= 0.3 is 0 Å². The monoisotopic (exact) mass is 296 g/mol. The average Bonchev–Trinajstić information content (AvgIpc) is 2.64. The van der Waals surface area contributed by atoms with E-state index in [4.69, 9.17) is 4.99 Å². The van der Waals surface area contributed by atoms with E-state index in [1.54, 1.807) is 0 Å². The fourth-order valence-electron chi connectivity index (χ4n) is 2.68. The van der Waals surface area contributed by atoms with Crippen molar-refractivity contribution in [2.45, 2.75) is 12.9 Å². The minimum Gasteiger partial charge on any atom is -0.280 e. The highest BCUT2D eigenvalue weighted by Gasteiger charge is 2.11. The van der Waals surface area contributed by atoms with Crippen LogP contribution in [0, 0.1) is 0 Å². The maximum Gasteiger partial charge on any atom is 0.149 e. The number of rotatable bonds is 5. The molecule has 0 aliphatic carbocycles. The molecule has 0 bridgehead atoms. The summed E-state index contributed by atoms with van der Waals surface area (Å²) in [6.07, 6.45) is 1.99. The first-order valence-electron chi connectivity index (χ1n) is 7.90. The van der Waals surface area contributed by atoms with Crippen LogP contribution in [0.2, 0.25) is 6.82 Å². The summed E-state index contributed by atoms with van der Waals surface area (Å²) in [7, 11) is 2.11. The van der Waals surface area contributed by atoms with E-state index in [0.29, 0.717) is 0 Å². The Balaban J connectivity index is 1.98. The molecule has 111 valence electrons. The predicted molar refractivity (Wildman–Crippen MR) is 100 cm³/mol. The van der Waals surface area contributed by atoms with Crippen molar-refractivity contribution >= 4 is 19.0 Å². The fourth-order valence-corrected chi connectivity index (χ4v) is 2.68. The zero-order chi connectivity index (χ0) is 15.9. The molecule has 0 N–H and O–H groups in total. The molecule has 1 radical (unpaired) electrons.